The maximum Gasteiger partial charge on any atom is 0.160 e. The number of nitrogens with one attached hydrogen (secondary N) is 1. The number of methoxy groups -OCH3 is 1. The molecule has 1 unspecified atom stereocenters. The summed E-state index contributed by atoms with van der Waals surface area (Å²) in [6.45, 7) is 0. The zero-order chi connectivity index (χ0) is 13.9. The molecule has 3 N–H and O–H groups in total. The standard InChI is InChI=1S/C15H18N4O/c1-20-14(11-7-8-11)15-17-12(9-13(18-15)19-16)10-5-3-2-4-6-10/h2-6,9,11,14H,7-8,16H2,1H3,(H,17,18,19). The summed E-state index contributed by atoms with van der Waals surface area (Å²) in [4.78, 5) is 9.09. The minimum atomic E-state index is -0.0502. The number of hydrogen-bond acceptors (Lipinski definition) is 5. The average Bonchev–Trinajstić information content (AvgIpc) is 3.33. The summed E-state index contributed by atoms with van der Waals surface area (Å²) >= 11 is 0. The lowest BCUT2D eigenvalue weighted by molar-refractivity contribution is 0.0774. The molecule has 3 rings (SSSR count). The van der Waals surface area contributed by atoms with Crippen LogP contribution in [0, 0.1) is 5.92 Å². The zero-order valence-electron chi connectivity index (χ0n) is 11.4. The van der Waals surface area contributed by atoms with Crippen molar-refractivity contribution in [3.8, 4) is 11.3 Å². The Labute approximate surface area is 118 Å². The second-order valence-corrected chi connectivity index (χ2v) is 5.00. The van der Waals surface area contributed by atoms with Crippen molar-refractivity contribution in [1.29, 1.82) is 0 Å². The summed E-state index contributed by atoms with van der Waals surface area (Å²) in [5, 5.41) is 0. The molecule has 2 aromatic rings. The third-order valence-electron chi connectivity index (χ3n) is 3.52. The molecule has 104 valence electrons. The smallest absolute Gasteiger partial charge is 0.160 e. The van der Waals surface area contributed by atoms with Crippen molar-refractivity contribution in [2.24, 2.45) is 11.8 Å². The fourth-order valence-electron chi connectivity index (χ4n) is 2.33. The van der Waals surface area contributed by atoms with E-state index in [1.165, 1.54) is 12.8 Å². The Kier molecular flexibility index (Phi) is 3.62. The van der Waals surface area contributed by atoms with E-state index in [0.29, 0.717) is 17.6 Å². The molecule has 1 aromatic heterocycles. The van der Waals surface area contributed by atoms with Crippen molar-refractivity contribution in [2.45, 2.75) is 18.9 Å². The van der Waals surface area contributed by atoms with Crippen molar-refractivity contribution in [2.75, 3.05) is 12.5 Å². The van der Waals surface area contributed by atoms with Gasteiger partial charge in [-0.3, -0.25) is 0 Å². The van der Waals surface area contributed by atoms with E-state index in [0.717, 1.165) is 11.3 Å². The topological polar surface area (TPSA) is 73.1 Å². The molecule has 5 heteroatoms. The van der Waals surface area contributed by atoms with Gasteiger partial charge >= 0.3 is 0 Å². The summed E-state index contributed by atoms with van der Waals surface area (Å²) in [7, 11) is 1.71. The number of hydrogen-bond donors (Lipinski definition) is 2. The molecule has 0 radical (unpaired) electrons. The second kappa shape index (κ2) is 5.56. The van der Waals surface area contributed by atoms with E-state index in [1.807, 2.05) is 36.4 Å². The third kappa shape index (κ3) is 2.64. The van der Waals surface area contributed by atoms with Crippen molar-refractivity contribution in [3.05, 3.63) is 42.2 Å². The summed E-state index contributed by atoms with van der Waals surface area (Å²) in [5.41, 5.74) is 4.50. The van der Waals surface area contributed by atoms with E-state index >= 15 is 0 Å². The Morgan fingerprint density at radius 1 is 1.25 bits per heavy atom. The van der Waals surface area contributed by atoms with Crippen molar-refractivity contribution >= 4 is 5.82 Å². The van der Waals surface area contributed by atoms with E-state index in [2.05, 4.69) is 15.4 Å². The zero-order valence-corrected chi connectivity index (χ0v) is 11.4. The first-order valence-electron chi connectivity index (χ1n) is 6.75. The van der Waals surface area contributed by atoms with E-state index in [1.54, 1.807) is 7.11 Å². The second-order valence-electron chi connectivity index (χ2n) is 5.00. The number of rotatable bonds is 5. The summed E-state index contributed by atoms with van der Waals surface area (Å²) < 4.78 is 5.56. The van der Waals surface area contributed by atoms with Gasteiger partial charge in [0.1, 0.15) is 11.9 Å². The summed E-state index contributed by atoms with van der Waals surface area (Å²) in [6.07, 6.45) is 2.29. The average molecular weight is 270 g/mol. The highest BCUT2D eigenvalue weighted by atomic mass is 16.5. The molecular formula is C15H18N4O. The predicted molar refractivity (Wildman–Crippen MR) is 77.8 cm³/mol. The number of anilines is 1. The van der Waals surface area contributed by atoms with Crippen LogP contribution in [-0.2, 0) is 4.74 Å². The molecule has 0 amide bonds. The van der Waals surface area contributed by atoms with Crippen LogP contribution in [0.2, 0.25) is 0 Å². The van der Waals surface area contributed by atoms with Gasteiger partial charge in [0.25, 0.3) is 0 Å². The van der Waals surface area contributed by atoms with Gasteiger partial charge in [0.15, 0.2) is 5.82 Å². The normalized spacial score (nSPS) is 15.9. The number of benzene rings is 1. The largest absolute Gasteiger partial charge is 0.373 e. The van der Waals surface area contributed by atoms with E-state index < -0.39 is 0 Å². The number of nitrogens with two attached hydrogens (primary N) is 1. The van der Waals surface area contributed by atoms with Crippen LogP contribution in [0.1, 0.15) is 24.8 Å². The quantitative estimate of drug-likeness (QED) is 0.645. The Morgan fingerprint density at radius 3 is 2.60 bits per heavy atom. The molecule has 1 fully saturated rings. The Hall–Kier alpha value is -1.98. The molecule has 0 spiro atoms. The highest BCUT2D eigenvalue weighted by Crippen LogP contribution is 2.42. The van der Waals surface area contributed by atoms with Gasteiger partial charge < -0.3 is 10.2 Å². The molecule has 1 aromatic carbocycles. The number of hydrazine groups is 1. The van der Waals surface area contributed by atoms with Crippen LogP contribution in [0.4, 0.5) is 5.82 Å². The lowest BCUT2D eigenvalue weighted by Crippen LogP contribution is -2.14. The van der Waals surface area contributed by atoms with Crippen molar-refractivity contribution in [1.82, 2.24) is 9.97 Å². The Morgan fingerprint density at radius 2 is 2.00 bits per heavy atom. The predicted octanol–water partition coefficient (Wildman–Crippen LogP) is 2.53. The number of nitrogen functional groups attached to an aromatic ring is 1. The van der Waals surface area contributed by atoms with Crippen molar-refractivity contribution < 1.29 is 4.74 Å². The number of aromatic nitrogens is 2. The van der Waals surface area contributed by atoms with Crippen LogP contribution in [0.5, 0.6) is 0 Å². The Balaban J connectivity index is 2.02. The molecule has 0 aliphatic heterocycles. The molecule has 0 bridgehead atoms. The minimum absolute atomic E-state index is 0.0502. The minimum Gasteiger partial charge on any atom is -0.373 e. The van der Waals surface area contributed by atoms with Gasteiger partial charge in [0.05, 0.1) is 5.69 Å². The van der Waals surface area contributed by atoms with E-state index in [-0.39, 0.29) is 6.10 Å². The van der Waals surface area contributed by atoms with Crippen LogP contribution in [0.25, 0.3) is 11.3 Å². The van der Waals surface area contributed by atoms with Crippen molar-refractivity contribution in [3.63, 3.8) is 0 Å². The molecule has 20 heavy (non-hydrogen) atoms. The van der Waals surface area contributed by atoms with Gasteiger partial charge in [0, 0.05) is 18.7 Å². The third-order valence-corrected chi connectivity index (χ3v) is 3.52. The van der Waals surface area contributed by atoms with Crippen LogP contribution in [-0.4, -0.2) is 17.1 Å². The van der Waals surface area contributed by atoms with Crippen LogP contribution >= 0.6 is 0 Å². The maximum absolute atomic E-state index is 5.56. The first-order valence-corrected chi connectivity index (χ1v) is 6.75. The first-order chi connectivity index (χ1) is 9.81. The fraction of sp³-hybridized carbons (Fsp3) is 0.333. The Bertz CT molecular complexity index is 584. The maximum atomic E-state index is 5.56. The molecule has 1 aliphatic carbocycles. The highest BCUT2D eigenvalue weighted by Gasteiger charge is 2.34. The molecule has 1 heterocycles. The molecule has 1 saturated carbocycles. The molecule has 0 saturated heterocycles. The molecule has 1 aliphatic rings. The lowest BCUT2D eigenvalue weighted by atomic mass is 10.1. The first kappa shape index (κ1) is 13.0. The van der Waals surface area contributed by atoms with Gasteiger partial charge in [-0.15, -0.1) is 0 Å². The van der Waals surface area contributed by atoms with Gasteiger partial charge in [-0.2, -0.15) is 0 Å². The monoisotopic (exact) mass is 270 g/mol. The molecular weight excluding hydrogens is 252 g/mol. The number of ether oxygens (including phenoxy) is 1. The van der Waals surface area contributed by atoms with E-state index in [4.69, 9.17) is 10.6 Å². The highest BCUT2D eigenvalue weighted by molar-refractivity contribution is 5.62. The van der Waals surface area contributed by atoms with Gasteiger partial charge in [0.2, 0.25) is 0 Å². The molecule has 5 nitrogen and oxygen atoms in total. The molecule has 1 atom stereocenters. The van der Waals surface area contributed by atoms with Gasteiger partial charge in [-0.05, 0) is 18.8 Å². The SMILES string of the molecule is COC(c1nc(NN)cc(-c2ccccc2)n1)C1CC1. The number of nitrogens with zero attached hydrogens (tertiary/aromatic N) is 2. The van der Waals surface area contributed by atoms with E-state index in [9.17, 15) is 0 Å². The van der Waals surface area contributed by atoms with Crippen LogP contribution in [0.15, 0.2) is 36.4 Å². The summed E-state index contributed by atoms with van der Waals surface area (Å²) in [6, 6.07) is 11.8. The lowest BCUT2D eigenvalue weighted by Gasteiger charge is -2.15. The van der Waals surface area contributed by atoms with Crippen LogP contribution < -0.4 is 11.3 Å². The van der Waals surface area contributed by atoms with Crippen LogP contribution in [0.3, 0.4) is 0 Å². The summed E-state index contributed by atoms with van der Waals surface area (Å²) in [5.74, 6) is 7.35. The van der Waals surface area contributed by atoms with Gasteiger partial charge in [-0.1, -0.05) is 30.3 Å². The van der Waals surface area contributed by atoms with Gasteiger partial charge in [-0.25, -0.2) is 15.8 Å². The fourth-order valence-corrected chi connectivity index (χ4v) is 2.33.